The monoisotopic (exact) mass is 306 g/mol. The highest BCUT2D eigenvalue weighted by molar-refractivity contribution is 7.07. The van der Waals surface area contributed by atoms with E-state index in [0.717, 1.165) is 22.6 Å². The molecule has 7 heteroatoms. The molecule has 0 saturated carbocycles. The summed E-state index contributed by atoms with van der Waals surface area (Å²) < 4.78 is 0. The molecule has 1 aromatic heterocycles. The minimum atomic E-state index is -0.309. The zero-order valence-electron chi connectivity index (χ0n) is 11.9. The van der Waals surface area contributed by atoms with Crippen molar-refractivity contribution in [1.82, 2.24) is 15.6 Å². The number of H-pyrrole nitrogens is 1. The molecule has 0 fully saturated rings. The lowest BCUT2D eigenvalue weighted by molar-refractivity contribution is 0.251. The van der Waals surface area contributed by atoms with E-state index in [0.29, 0.717) is 5.69 Å². The second-order valence-corrected chi connectivity index (χ2v) is 5.46. The number of carbonyl (C=O) groups is 1. The van der Waals surface area contributed by atoms with E-state index in [1.807, 2.05) is 38.2 Å². The van der Waals surface area contributed by atoms with Crippen molar-refractivity contribution in [3.05, 3.63) is 50.6 Å². The summed E-state index contributed by atoms with van der Waals surface area (Å²) in [7, 11) is 1.89. The number of aromatic nitrogens is 1. The Balaban J connectivity index is 1.91. The van der Waals surface area contributed by atoms with Crippen molar-refractivity contribution >= 4 is 23.1 Å². The summed E-state index contributed by atoms with van der Waals surface area (Å²) in [5.41, 5.74) is 2.51. The fourth-order valence-electron chi connectivity index (χ4n) is 1.80. The zero-order chi connectivity index (χ0) is 15.2. The molecule has 0 aliphatic rings. The fraction of sp³-hybridized carbons (Fsp3) is 0.286. The Bertz CT molecular complexity index is 665. The molecule has 1 aromatic carbocycles. The third-order valence-electron chi connectivity index (χ3n) is 3.09. The lowest BCUT2D eigenvalue weighted by Crippen LogP contribution is -2.28. The Labute approximate surface area is 126 Å². The Morgan fingerprint density at radius 1 is 1.43 bits per heavy atom. The van der Waals surface area contributed by atoms with E-state index < -0.39 is 0 Å². The van der Waals surface area contributed by atoms with Crippen molar-refractivity contribution in [1.29, 1.82) is 0 Å². The van der Waals surface area contributed by atoms with Crippen LogP contribution < -0.4 is 20.8 Å². The first-order valence-corrected chi connectivity index (χ1v) is 7.45. The molecule has 4 N–H and O–H groups in total. The van der Waals surface area contributed by atoms with Gasteiger partial charge in [-0.2, -0.15) is 0 Å². The number of aromatic amines is 1. The molecule has 2 rings (SSSR count). The summed E-state index contributed by atoms with van der Waals surface area (Å²) in [6.45, 7) is 2.34. The minimum Gasteiger partial charge on any atom is -0.332 e. The van der Waals surface area contributed by atoms with Gasteiger partial charge in [0, 0.05) is 22.8 Å². The summed E-state index contributed by atoms with van der Waals surface area (Å²) in [5, 5.41) is 10.3. The number of anilines is 1. The zero-order valence-corrected chi connectivity index (χ0v) is 12.7. The maximum absolute atomic E-state index is 11.8. The predicted octanol–water partition coefficient (Wildman–Crippen LogP) is 2.04. The smallest absolute Gasteiger partial charge is 0.319 e. The van der Waals surface area contributed by atoms with E-state index in [1.165, 1.54) is 0 Å². The van der Waals surface area contributed by atoms with Crippen LogP contribution in [-0.4, -0.2) is 18.1 Å². The Morgan fingerprint density at radius 2 is 2.24 bits per heavy atom. The van der Waals surface area contributed by atoms with Crippen LogP contribution in [0.25, 0.3) is 0 Å². The molecule has 1 atom stereocenters. The first-order valence-electron chi connectivity index (χ1n) is 6.57. The second-order valence-electron chi connectivity index (χ2n) is 4.62. The number of carbonyl (C=O) groups excluding carboxylic acids is 1. The van der Waals surface area contributed by atoms with E-state index in [9.17, 15) is 9.59 Å². The van der Waals surface area contributed by atoms with Gasteiger partial charge in [-0.1, -0.05) is 23.5 Å². The topological polar surface area (TPSA) is 86.0 Å². The molecule has 2 aromatic rings. The summed E-state index contributed by atoms with van der Waals surface area (Å²) >= 11 is 1.08. The fourth-order valence-corrected chi connectivity index (χ4v) is 2.39. The Morgan fingerprint density at radius 3 is 2.90 bits per heavy atom. The van der Waals surface area contributed by atoms with Crippen molar-refractivity contribution in [3.63, 3.8) is 0 Å². The number of urea groups is 1. The van der Waals surface area contributed by atoms with Crippen LogP contribution in [0.15, 0.2) is 34.4 Å². The number of thiazole rings is 1. The van der Waals surface area contributed by atoms with Crippen molar-refractivity contribution in [2.24, 2.45) is 0 Å². The molecule has 0 bridgehead atoms. The highest BCUT2D eigenvalue weighted by Crippen LogP contribution is 2.16. The number of amides is 2. The summed E-state index contributed by atoms with van der Waals surface area (Å²) in [6, 6.07) is 7.56. The van der Waals surface area contributed by atoms with Crippen LogP contribution >= 0.6 is 11.3 Å². The standard InChI is InChI=1S/C14H18N4O2S/c1-9(15-2)10-4-3-5-11(6-10)17-13(19)16-7-12-8-21-14(20)18-12/h3-6,8-9,15H,7H2,1-2H3,(H,18,20)(H2,16,17,19). The van der Waals surface area contributed by atoms with Gasteiger partial charge in [-0.05, 0) is 31.7 Å². The molecule has 21 heavy (non-hydrogen) atoms. The van der Waals surface area contributed by atoms with Gasteiger partial charge < -0.3 is 20.9 Å². The summed E-state index contributed by atoms with van der Waals surface area (Å²) in [5.74, 6) is 0. The van der Waals surface area contributed by atoms with Gasteiger partial charge in [0.1, 0.15) is 0 Å². The number of hydrogen-bond acceptors (Lipinski definition) is 4. The summed E-state index contributed by atoms with van der Waals surface area (Å²) in [4.78, 5) is 25.3. The molecule has 0 saturated heterocycles. The maximum atomic E-state index is 11.8. The molecule has 1 unspecified atom stereocenters. The SMILES string of the molecule is CNC(C)c1cccc(NC(=O)NCc2csc(=O)[nH]2)c1. The predicted molar refractivity (Wildman–Crippen MR) is 84.7 cm³/mol. The molecule has 1 heterocycles. The van der Waals surface area contributed by atoms with Gasteiger partial charge in [0.2, 0.25) is 0 Å². The van der Waals surface area contributed by atoms with Gasteiger partial charge in [0.05, 0.1) is 6.54 Å². The van der Waals surface area contributed by atoms with Crippen LogP contribution in [-0.2, 0) is 6.54 Å². The van der Waals surface area contributed by atoms with Gasteiger partial charge in [-0.3, -0.25) is 4.79 Å². The Hall–Kier alpha value is -2.12. The number of hydrogen-bond donors (Lipinski definition) is 4. The van der Waals surface area contributed by atoms with E-state index in [4.69, 9.17) is 0 Å². The molecule has 0 aliphatic heterocycles. The molecule has 0 radical (unpaired) electrons. The number of nitrogens with one attached hydrogen (secondary N) is 4. The van der Waals surface area contributed by atoms with Crippen LogP contribution in [0.2, 0.25) is 0 Å². The summed E-state index contributed by atoms with van der Waals surface area (Å²) in [6.07, 6.45) is 0. The van der Waals surface area contributed by atoms with Crippen molar-refractivity contribution < 1.29 is 4.79 Å². The van der Waals surface area contributed by atoms with E-state index in [1.54, 1.807) is 5.38 Å². The molecule has 0 aliphatic carbocycles. The van der Waals surface area contributed by atoms with Crippen LogP contribution in [0.4, 0.5) is 10.5 Å². The maximum Gasteiger partial charge on any atom is 0.319 e. The van der Waals surface area contributed by atoms with E-state index in [2.05, 4.69) is 20.9 Å². The third kappa shape index (κ3) is 4.44. The average Bonchev–Trinajstić information content (AvgIpc) is 2.90. The largest absolute Gasteiger partial charge is 0.332 e. The second kappa shape index (κ2) is 7.05. The van der Waals surface area contributed by atoms with Gasteiger partial charge in [0.25, 0.3) is 0 Å². The van der Waals surface area contributed by atoms with Crippen molar-refractivity contribution in [3.8, 4) is 0 Å². The highest BCUT2D eigenvalue weighted by Gasteiger charge is 2.06. The van der Waals surface area contributed by atoms with Crippen molar-refractivity contribution in [2.75, 3.05) is 12.4 Å². The van der Waals surface area contributed by atoms with E-state index in [-0.39, 0.29) is 23.5 Å². The Kier molecular flexibility index (Phi) is 5.13. The first kappa shape index (κ1) is 15.3. The van der Waals surface area contributed by atoms with Gasteiger partial charge in [-0.25, -0.2) is 4.79 Å². The normalized spacial score (nSPS) is 11.9. The van der Waals surface area contributed by atoms with Gasteiger partial charge in [-0.15, -0.1) is 0 Å². The molecular weight excluding hydrogens is 288 g/mol. The highest BCUT2D eigenvalue weighted by atomic mass is 32.1. The molecule has 0 spiro atoms. The lowest BCUT2D eigenvalue weighted by Gasteiger charge is -2.13. The van der Waals surface area contributed by atoms with Gasteiger partial charge >= 0.3 is 10.9 Å². The van der Waals surface area contributed by atoms with Crippen LogP contribution in [0.1, 0.15) is 24.2 Å². The first-order chi connectivity index (χ1) is 10.1. The third-order valence-corrected chi connectivity index (χ3v) is 3.81. The van der Waals surface area contributed by atoms with Crippen LogP contribution in [0.3, 0.4) is 0 Å². The van der Waals surface area contributed by atoms with Crippen LogP contribution in [0, 0.1) is 0 Å². The minimum absolute atomic E-state index is 0.124. The quantitative estimate of drug-likeness (QED) is 0.682. The average molecular weight is 306 g/mol. The van der Waals surface area contributed by atoms with Crippen LogP contribution in [0.5, 0.6) is 0 Å². The number of benzene rings is 1. The van der Waals surface area contributed by atoms with E-state index >= 15 is 0 Å². The molecule has 2 amide bonds. The molecule has 6 nitrogen and oxygen atoms in total. The van der Waals surface area contributed by atoms with Crippen molar-refractivity contribution in [2.45, 2.75) is 19.5 Å². The molecule has 112 valence electrons. The molecular formula is C14H18N4O2S. The van der Waals surface area contributed by atoms with Gasteiger partial charge in [0.15, 0.2) is 0 Å². The number of rotatable bonds is 5. The lowest BCUT2D eigenvalue weighted by atomic mass is 10.1.